The van der Waals surface area contributed by atoms with Crippen LogP contribution in [-0.4, -0.2) is 14.6 Å². The highest BCUT2D eigenvalue weighted by Gasteiger charge is 2.06. The number of terminal acetylenes is 1. The Kier molecular flexibility index (Phi) is 1.62. The summed E-state index contributed by atoms with van der Waals surface area (Å²) in [4.78, 5) is 14.3. The molecule has 2 heterocycles. The molecule has 0 unspecified atom stereocenters. The summed E-state index contributed by atoms with van der Waals surface area (Å²) in [6.45, 7) is 0. The monoisotopic (exact) mass is 209 g/mol. The Hall–Kier alpha value is -2.54. The van der Waals surface area contributed by atoms with E-state index in [1.807, 2.05) is 24.3 Å². The smallest absolute Gasteiger partial charge is 0.276 e. The quantitative estimate of drug-likeness (QED) is 0.565. The largest absolute Gasteiger partial charge is 0.297 e. The van der Waals surface area contributed by atoms with Gasteiger partial charge < -0.3 is 0 Å². The molecule has 2 aromatic heterocycles. The standard InChI is InChI=1S/C12H7N3O/c1-2-11-13-12(16)10-7-8-5-3-4-6-9(8)15(10)14-11/h1,3-7H,(H,13,14,16). The third kappa shape index (κ3) is 1.06. The van der Waals surface area contributed by atoms with Crippen molar-refractivity contribution in [1.29, 1.82) is 0 Å². The van der Waals surface area contributed by atoms with Crippen LogP contribution in [0.5, 0.6) is 0 Å². The van der Waals surface area contributed by atoms with Crippen molar-refractivity contribution in [3.63, 3.8) is 0 Å². The topological polar surface area (TPSA) is 50.2 Å². The van der Waals surface area contributed by atoms with Gasteiger partial charge in [0, 0.05) is 5.39 Å². The van der Waals surface area contributed by atoms with Gasteiger partial charge in [0.25, 0.3) is 5.56 Å². The molecule has 1 aromatic carbocycles. The summed E-state index contributed by atoms with van der Waals surface area (Å²) < 4.78 is 1.57. The lowest BCUT2D eigenvalue weighted by Gasteiger charge is -1.96. The van der Waals surface area contributed by atoms with Crippen molar-refractivity contribution in [3.05, 3.63) is 46.5 Å². The summed E-state index contributed by atoms with van der Waals surface area (Å²) in [5, 5.41) is 5.13. The SMILES string of the molecule is C#Cc1nn2c(cc3ccccc32)c(=O)[nH]1. The van der Waals surface area contributed by atoms with Crippen molar-refractivity contribution < 1.29 is 0 Å². The van der Waals surface area contributed by atoms with Crippen LogP contribution in [0.15, 0.2) is 35.1 Å². The van der Waals surface area contributed by atoms with Crippen LogP contribution in [0.3, 0.4) is 0 Å². The predicted octanol–water partition coefficient (Wildman–Crippen LogP) is 1.16. The highest BCUT2D eigenvalue weighted by molar-refractivity contribution is 5.86. The molecule has 0 aliphatic rings. The first kappa shape index (κ1) is 8.74. The fourth-order valence-corrected chi connectivity index (χ4v) is 1.77. The molecule has 16 heavy (non-hydrogen) atoms. The van der Waals surface area contributed by atoms with E-state index in [9.17, 15) is 4.79 Å². The number of H-pyrrole nitrogens is 1. The van der Waals surface area contributed by atoms with Gasteiger partial charge in [0.1, 0.15) is 5.52 Å². The lowest BCUT2D eigenvalue weighted by atomic mass is 10.2. The van der Waals surface area contributed by atoms with Gasteiger partial charge in [-0.3, -0.25) is 9.78 Å². The molecule has 0 radical (unpaired) electrons. The number of hydrogen-bond acceptors (Lipinski definition) is 2. The maximum atomic E-state index is 11.7. The van der Waals surface area contributed by atoms with E-state index in [1.54, 1.807) is 10.6 Å². The molecular formula is C12H7N3O. The van der Waals surface area contributed by atoms with E-state index in [4.69, 9.17) is 6.42 Å². The van der Waals surface area contributed by atoms with Crippen LogP contribution in [-0.2, 0) is 0 Å². The van der Waals surface area contributed by atoms with E-state index < -0.39 is 0 Å². The molecular weight excluding hydrogens is 202 g/mol. The first-order chi connectivity index (χ1) is 7.79. The minimum absolute atomic E-state index is 0.223. The normalized spacial score (nSPS) is 10.7. The van der Waals surface area contributed by atoms with E-state index in [0.717, 1.165) is 10.9 Å². The number of rotatable bonds is 0. The molecule has 0 aliphatic heterocycles. The number of nitrogens with zero attached hydrogens (tertiary/aromatic N) is 2. The minimum Gasteiger partial charge on any atom is -0.297 e. The van der Waals surface area contributed by atoms with Crippen LogP contribution in [0.1, 0.15) is 5.82 Å². The van der Waals surface area contributed by atoms with Crippen molar-refractivity contribution in [2.24, 2.45) is 0 Å². The molecule has 0 fully saturated rings. The highest BCUT2D eigenvalue weighted by atomic mass is 16.1. The lowest BCUT2D eigenvalue weighted by Crippen LogP contribution is -2.13. The Morgan fingerprint density at radius 1 is 1.31 bits per heavy atom. The molecule has 3 aromatic rings. The molecule has 0 atom stereocenters. The zero-order valence-corrected chi connectivity index (χ0v) is 8.27. The van der Waals surface area contributed by atoms with Crippen LogP contribution in [0.25, 0.3) is 16.4 Å². The Balaban J connectivity index is 2.62. The molecule has 1 N–H and O–H groups in total. The molecule has 3 rings (SSSR count). The average Bonchev–Trinajstić information content (AvgIpc) is 2.68. The first-order valence-corrected chi connectivity index (χ1v) is 4.77. The van der Waals surface area contributed by atoms with Crippen molar-refractivity contribution in [2.75, 3.05) is 0 Å². The number of aromatic nitrogens is 3. The lowest BCUT2D eigenvalue weighted by molar-refractivity contribution is 0.896. The van der Waals surface area contributed by atoms with Gasteiger partial charge in [-0.1, -0.05) is 18.2 Å². The summed E-state index contributed by atoms with van der Waals surface area (Å²) in [5.74, 6) is 2.56. The second-order valence-corrected chi connectivity index (χ2v) is 3.45. The number of benzene rings is 1. The molecule has 76 valence electrons. The van der Waals surface area contributed by atoms with E-state index in [2.05, 4.69) is 16.0 Å². The second-order valence-electron chi connectivity index (χ2n) is 3.45. The third-order valence-corrected chi connectivity index (χ3v) is 2.49. The molecule has 0 bridgehead atoms. The molecule has 0 spiro atoms. The summed E-state index contributed by atoms with van der Waals surface area (Å²) in [7, 11) is 0. The Morgan fingerprint density at radius 2 is 2.12 bits per heavy atom. The summed E-state index contributed by atoms with van der Waals surface area (Å²) >= 11 is 0. The molecule has 0 saturated heterocycles. The fourth-order valence-electron chi connectivity index (χ4n) is 1.77. The van der Waals surface area contributed by atoms with Gasteiger partial charge in [-0.15, -0.1) is 11.5 Å². The van der Waals surface area contributed by atoms with E-state index in [1.165, 1.54) is 0 Å². The molecule has 0 saturated carbocycles. The summed E-state index contributed by atoms with van der Waals surface area (Å²) in [5.41, 5.74) is 1.15. The van der Waals surface area contributed by atoms with Gasteiger partial charge in [0.15, 0.2) is 0 Å². The van der Waals surface area contributed by atoms with Crippen LogP contribution in [0, 0.1) is 12.3 Å². The first-order valence-electron chi connectivity index (χ1n) is 4.77. The van der Waals surface area contributed by atoms with Gasteiger partial charge in [0.05, 0.1) is 5.52 Å². The number of para-hydroxylation sites is 1. The van der Waals surface area contributed by atoms with Crippen molar-refractivity contribution in [1.82, 2.24) is 14.6 Å². The number of fused-ring (bicyclic) bond motifs is 3. The third-order valence-electron chi connectivity index (χ3n) is 2.49. The maximum absolute atomic E-state index is 11.7. The molecule has 4 heteroatoms. The molecule has 0 amide bonds. The molecule has 0 aliphatic carbocycles. The van der Waals surface area contributed by atoms with Gasteiger partial charge in [-0.2, -0.15) is 0 Å². The number of nitrogens with one attached hydrogen (secondary N) is 1. The molecule has 4 nitrogen and oxygen atoms in total. The van der Waals surface area contributed by atoms with Crippen LogP contribution < -0.4 is 5.56 Å². The summed E-state index contributed by atoms with van der Waals surface area (Å²) in [6.07, 6.45) is 5.23. The Labute approximate surface area is 90.5 Å². The van der Waals surface area contributed by atoms with E-state index in [0.29, 0.717) is 5.52 Å². The summed E-state index contributed by atoms with van der Waals surface area (Å²) in [6, 6.07) is 9.43. The average molecular weight is 209 g/mol. The Morgan fingerprint density at radius 3 is 2.94 bits per heavy atom. The van der Waals surface area contributed by atoms with E-state index in [-0.39, 0.29) is 11.4 Å². The van der Waals surface area contributed by atoms with Gasteiger partial charge in [0.2, 0.25) is 5.82 Å². The van der Waals surface area contributed by atoms with Gasteiger partial charge >= 0.3 is 0 Å². The van der Waals surface area contributed by atoms with Crippen molar-refractivity contribution in [3.8, 4) is 12.3 Å². The zero-order valence-electron chi connectivity index (χ0n) is 8.27. The van der Waals surface area contributed by atoms with Gasteiger partial charge in [-0.05, 0) is 18.1 Å². The second kappa shape index (κ2) is 2.97. The van der Waals surface area contributed by atoms with Crippen molar-refractivity contribution >= 4 is 16.4 Å². The zero-order chi connectivity index (χ0) is 11.1. The van der Waals surface area contributed by atoms with Crippen LogP contribution in [0.4, 0.5) is 0 Å². The van der Waals surface area contributed by atoms with Gasteiger partial charge in [-0.25, -0.2) is 4.52 Å². The highest BCUT2D eigenvalue weighted by Crippen LogP contribution is 2.16. The maximum Gasteiger partial charge on any atom is 0.276 e. The number of aromatic amines is 1. The number of hydrogen-bond donors (Lipinski definition) is 1. The van der Waals surface area contributed by atoms with Crippen LogP contribution >= 0.6 is 0 Å². The fraction of sp³-hybridized carbons (Fsp3) is 0. The predicted molar refractivity (Wildman–Crippen MR) is 61.3 cm³/mol. The van der Waals surface area contributed by atoms with Crippen LogP contribution in [0.2, 0.25) is 0 Å². The Bertz CT molecular complexity index is 789. The van der Waals surface area contributed by atoms with Crippen molar-refractivity contribution in [2.45, 2.75) is 0 Å². The van der Waals surface area contributed by atoms with E-state index >= 15 is 0 Å². The minimum atomic E-state index is -0.223.